The molecular formula is C17H31Cl2N5O. The summed E-state index contributed by atoms with van der Waals surface area (Å²) in [6.07, 6.45) is 7.64. The molecular weight excluding hydrogens is 361 g/mol. The van der Waals surface area contributed by atoms with Crippen molar-refractivity contribution in [2.24, 2.45) is 13.0 Å². The molecule has 1 N–H and O–H groups in total. The van der Waals surface area contributed by atoms with Crippen LogP contribution in [-0.4, -0.2) is 59.9 Å². The van der Waals surface area contributed by atoms with Gasteiger partial charge in [0.05, 0.1) is 6.04 Å². The zero-order valence-corrected chi connectivity index (χ0v) is 16.8. The number of hydrogen-bond donors (Lipinski definition) is 1. The van der Waals surface area contributed by atoms with E-state index in [9.17, 15) is 4.79 Å². The van der Waals surface area contributed by atoms with Crippen LogP contribution in [0.1, 0.15) is 32.1 Å². The maximum Gasteiger partial charge on any atom is 0.245 e. The van der Waals surface area contributed by atoms with Gasteiger partial charge in [-0.3, -0.25) is 19.3 Å². The van der Waals surface area contributed by atoms with E-state index in [1.807, 2.05) is 31.3 Å². The van der Waals surface area contributed by atoms with E-state index in [1.165, 1.54) is 19.3 Å². The molecule has 0 bridgehead atoms. The lowest BCUT2D eigenvalue weighted by Gasteiger charge is -2.41. The molecule has 2 aliphatic rings. The molecule has 2 saturated heterocycles. The highest BCUT2D eigenvalue weighted by Gasteiger charge is 2.36. The lowest BCUT2D eigenvalue weighted by molar-refractivity contribution is -0.126. The number of hydrogen-bond acceptors (Lipinski definition) is 4. The standard InChI is InChI=1S/C17H29N5O.2ClH/c1-18-9-5-14-6-12-21(13-7-14)15-4-3-10-22(17(15)23)16-8-11-20(2)19-16;;/h8,11,14-15,18H,3-7,9-10,12-13H2,1-2H3;2*1H. The van der Waals surface area contributed by atoms with Crippen LogP contribution in [0, 0.1) is 5.92 Å². The fraction of sp³-hybridized carbons (Fsp3) is 0.765. The van der Waals surface area contributed by atoms with Crippen molar-refractivity contribution in [1.82, 2.24) is 20.0 Å². The summed E-state index contributed by atoms with van der Waals surface area (Å²) in [5, 5.41) is 7.65. The molecule has 144 valence electrons. The Morgan fingerprint density at radius 2 is 1.92 bits per heavy atom. The zero-order chi connectivity index (χ0) is 16.2. The van der Waals surface area contributed by atoms with Gasteiger partial charge in [0.15, 0.2) is 5.82 Å². The Labute approximate surface area is 163 Å². The number of aromatic nitrogens is 2. The maximum absolute atomic E-state index is 12.9. The fourth-order valence-electron chi connectivity index (χ4n) is 3.87. The van der Waals surface area contributed by atoms with Crippen LogP contribution in [0.2, 0.25) is 0 Å². The summed E-state index contributed by atoms with van der Waals surface area (Å²) in [4.78, 5) is 17.2. The number of rotatable bonds is 5. The van der Waals surface area contributed by atoms with Gasteiger partial charge >= 0.3 is 0 Å². The summed E-state index contributed by atoms with van der Waals surface area (Å²) < 4.78 is 1.76. The van der Waals surface area contributed by atoms with Crippen LogP contribution in [0.3, 0.4) is 0 Å². The largest absolute Gasteiger partial charge is 0.320 e. The first-order valence-corrected chi connectivity index (χ1v) is 8.88. The Balaban J connectivity index is 0.00000156. The SMILES string of the molecule is CNCCC1CCN(C2CCCN(c3ccn(C)n3)C2=O)CC1.Cl.Cl. The predicted octanol–water partition coefficient (Wildman–Crippen LogP) is 2.08. The Morgan fingerprint density at radius 1 is 1.20 bits per heavy atom. The minimum Gasteiger partial charge on any atom is -0.320 e. The average Bonchev–Trinajstić information content (AvgIpc) is 3.00. The summed E-state index contributed by atoms with van der Waals surface area (Å²) in [5.74, 6) is 1.85. The van der Waals surface area contributed by atoms with Gasteiger partial charge in [-0.05, 0) is 64.7 Å². The smallest absolute Gasteiger partial charge is 0.245 e. The van der Waals surface area contributed by atoms with Crippen LogP contribution in [0.15, 0.2) is 12.3 Å². The van der Waals surface area contributed by atoms with E-state index >= 15 is 0 Å². The van der Waals surface area contributed by atoms with Gasteiger partial charge in [0.1, 0.15) is 0 Å². The number of likely N-dealkylation sites (tertiary alicyclic amines) is 1. The minimum absolute atomic E-state index is 0. The average molecular weight is 392 g/mol. The second-order valence-corrected chi connectivity index (χ2v) is 6.87. The first kappa shape index (κ1) is 22.2. The molecule has 1 aromatic heterocycles. The Hall–Kier alpha value is -0.820. The van der Waals surface area contributed by atoms with Crippen molar-refractivity contribution in [2.45, 2.75) is 38.1 Å². The van der Waals surface area contributed by atoms with Crippen molar-refractivity contribution in [1.29, 1.82) is 0 Å². The molecule has 2 aliphatic heterocycles. The van der Waals surface area contributed by atoms with Crippen molar-refractivity contribution in [3.8, 4) is 0 Å². The number of halogens is 2. The first-order chi connectivity index (χ1) is 11.2. The molecule has 3 rings (SSSR count). The van der Waals surface area contributed by atoms with Crippen molar-refractivity contribution >= 4 is 36.5 Å². The molecule has 0 spiro atoms. The first-order valence-electron chi connectivity index (χ1n) is 8.88. The van der Waals surface area contributed by atoms with Gasteiger partial charge in [0.2, 0.25) is 5.91 Å². The Kier molecular flexibility index (Phi) is 9.21. The molecule has 25 heavy (non-hydrogen) atoms. The van der Waals surface area contributed by atoms with Crippen LogP contribution >= 0.6 is 24.8 Å². The number of aryl methyl sites for hydroxylation is 1. The van der Waals surface area contributed by atoms with Crippen LogP contribution in [0.25, 0.3) is 0 Å². The van der Waals surface area contributed by atoms with E-state index in [4.69, 9.17) is 0 Å². The van der Waals surface area contributed by atoms with Gasteiger partial charge in [-0.1, -0.05) is 0 Å². The minimum atomic E-state index is 0. The summed E-state index contributed by atoms with van der Waals surface area (Å²) in [6, 6.07) is 1.99. The van der Waals surface area contributed by atoms with Crippen molar-refractivity contribution in [2.75, 3.05) is 38.1 Å². The van der Waals surface area contributed by atoms with Crippen LogP contribution in [0.4, 0.5) is 5.82 Å². The Bertz CT molecular complexity index is 531. The third-order valence-electron chi connectivity index (χ3n) is 5.28. The van der Waals surface area contributed by atoms with Gasteiger partial charge in [0, 0.05) is 25.9 Å². The second-order valence-electron chi connectivity index (χ2n) is 6.87. The number of anilines is 1. The number of amides is 1. The van der Waals surface area contributed by atoms with Crippen LogP contribution in [0.5, 0.6) is 0 Å². The zero-order valence-electron chi connectivity index (χ0n) is 15.2. The normalized spacial score (nSPS) is 22.4. The van der Waals surface area contributed by atoms with E-state index in [0.717, 1.165) is 50.8 Å². The van der Waals surface area contributed by atoms with Crippen LogP contribution in [-0.2, 0) is 11.8 Å². The summed E-state index contributed by atoms with van der Waals surface area (Å²) in [6.45, 7) is 4.01. The second kappa shape index (κ2) is 10.4. The molecule has 2 fully saturated rings. The number of piperidine rings is 2. The van der Waals surface area contributed by atoms with E-state index in [0.29, 0.717) is 0 Å². The Morgan fingerprint density at radius 3 is 2.52 bits per heavy atom. The van der Waals surface area contributed by atoms with Gasteiger partial charge in [-0.15, -0.1) is 24.8 Å². The molecule has 1 amide bonds. The number of carbonyl (C=O) groups is 1. The molecule has 3 heterocycles. The molecule has 0 radical (unpaired) electrons. The highest BCUT2D eigenvalue weighted by Crippen LogP contribution is 2.27. The topological polar surface area (TPSA) is 53.4 Å². The van der Waals surface area contributed by atoms with E-state index in [1.54, 1.807) is 4.68 Å². The summed E-state index contributed by atoms with van der Waals surface area (Å²) in [7, 11) is 3.91. The third kappa shape index (κ3) is 5.33. The molecule has 6 nitrogen and oxygen atoms in total. The lowest BCUT2D eigenvalue weighted by atomic mass is 9.91. The highest BCUT2D eigenvalue weighted by atomic mass is 35.5. The molecule has 0 aromatic carbocycles. The predicted molar refractivity (Wildman–Crippen MR) is 106 cm³/mol. The summed E-state index contributed by atoms with van der Waals surface area (Å²) >= 11 is 0. The third-order valence-corrected chi connectivity index (χ3v) is 5.28. The number of nitrogens with zero attached hydrogens (tertiary/aromatic N) is 4. The van der Waals surface area contributed by atoms with Gasteiger partial charge in [-0.2, -0.15) is 5.10 Å². The molecule has 8 heteroatoms. The van der Waals surface area contributed by atoms with Crippen LogP contribution < -0.4 is 10.2 Å². The fourth-order valence-corrected chi connectivity index (χ4v) is 3.87. The van der Waals surface area contributed by atoms with Crippen molar-refractivity contribution < 1.29 is 4.79 Å². The molecule has 0 saturated carbocycles. The number of nitrogens with one attached hydrogen (secondary N) is 1. The molecule has 1 aromatic rings. The van der Waals surface area contributed by atoms with Gasteiger partial charge < -0.3 is 5.32 Å². The van der Waals surface area contributed by atoms with E-state index in [2.05, 4.69) is 15.3 Å². The maximum atomic E-state index is 12.9. The highest BCUT2D eigenvalue weighted by molar-refractivity contribution is 5.97. The van der Waals surface area contributed by atoms with Crippen molar-refractivity contribution in [3.63, 3.8) is 0 Å². The summed E-state index contributed by atoms with van der Waals surface area (Å²) in [5.41, 5.74) is 0. The van der Waals surface area contributed by atoms with E-state index in [-0.39, 0.29) is 36.8 Å². The lowest BCUT2D eigenvalue weighted by Crippen LogP contribution is -2.54. The monoisotopic (exact) mass is 391 g/mol. The van der Waals surface area contributed by atoms with Gasteiger partial charge in [-0.25, -0.2) is 0 Å². The quantitative estimate of drug-likeness (QED) is 0.834. The van der Waals surface area contributed by atoms with Crippen molar-refractivity contribution in [3.05, 3.63) is 12.3 Å². The molecule has 1 unspecified atom stereocenters. The molecule has 1 atom stereocenters. The van der Waals surface area contributed by atoms with E-state index < -0.39 is 0 Å². The number of carbonyl (C=O) groups excluding carboxylic acids is 1. The van der Waals surface area contributed by atoms with Gasteiger partial charge in [0.25, 0.3) is 0 Å². The molecule has 0 aliphatic carbocycles.